The third-order valence-corrected chi connectivity index (χ3v) is 2.51. The number of aliphatic hydroxyl groups excluding tert-OH is 1. The van der Waals surface area contributed by atoms with E-state index in [1.165, 1.54) is 0 Å². The molecule has 1 aliphatic rings. The average Bonchev–Trinajstić information content (AvgIpc) is 2.13. The van der Waals surface area contributed by atoms with Gasteiger partial charge in [-0.3, -0.25) is 0 Å². The molecule has 1 aliphatic heterocycles. The van der Waals surface area contributed by atoms with Gasteiger partial charge < -0.3 is 14.6 Å². The molecule has 1 heterocycles. The van der Waals surface area contributed by atoms with Gasteiger partial charge in [-0.05, 0) is 5.41 Å². The predicted octanol–water partition coefficient (Wildman–Crippen LogP) is 0.114. The number of ether oxygens (including phenoxy) is 2. The monoisotopic (exact) mass is 218 g/mol. The van der Waals surface area contributed by atoms with E-state index in [-0.39, 0.29) is 5.41 Å². The molecule has 0 spiro atoms. The standard InChI is InChI=1S/C10H22N2O3/c1-10(2)5-11(7-14-3)9(13)12(6-10)8-15-4/h9,13H,5-8H2,1-4H3. The number of methoxy groups -OCH3 is 2. The van der Waals surface area contributed by atoms with Crippen molar-refractivity contribution < 1.29 is 14.6 Å². The Morgan fingerprint density at radius 3 is 1.87 bits per heavy atom. The fourth-order valence-corrected chi connectivity index (χ4v) is 2.10. The average molecular weight is 218 g/mol. The third-order valence-electron chi connectivity index (χ3n) is 2.51. The van der Waals surface area contributed by atoms with Crippen molar-refractivity contribution >= 4 is 0 Å². The molecule has 0 bridgehead atoms. The molecule has 5 nitrogen and oxygen atoms in total. The first kappa shape index (κ1) is 12.9. The fraction of sp³-hybridized carbons (Fsp3) is 1.00. The van der Waals surface area contributed by atoms with E-state index in [1.54, 1.807) is 14.2 Å². The van der Waals surface area contributed by atoms with Crippen LogP contribution in [-0.4, -0.2) is 62.0 Å². The van der Waals surface area contributed by atoms with Crippen LogP contribution in [-0.2, 0) is 9.47 Å². The smallest absolute Gasteiger partial charge is 0.169 e. The normalized spacial score (nSPS) is 24.6. The Morgan fingerprint density at radius 1 is 1.13 bits per heavy atom. The summed E-state index contributed by atoms with van der Waals surface area (Å²) in [4.78, 5) is 3.78. The molecule has 0 aromatic carbocycles. The van der Waals surface area contributed by atoms with Gasteiger partial charge in [0, 0.05) is 27.3 Å². The minimum Gasteiger partial charge on any atom is -0.369 e. The summed E-state index contributed by atoms with van der Waals surface area (Å²) < 4.78 is 10.1. The summed E-state index contributed by atoms with van der Waals surface area (Å²) >= 11 is 0. The topological polar surface area (TPSA) is 45.2 Å². The Bertz CT molecular complexity index is 181. The lowest BCUT2D eigenvalue weighted by Crippen LogP contribution is -2.60. The minimum atomic E-state index is -0.613. The van der Waals surface area contributed by atoms with E-state index in [2.05, 4.69) is 13.8 Å². The van der Waals surface area contributed by atoms with Gasteiger partial charge in [0.05, 0.1) is 0 Å². The molecule has 0 aliphatic carbocycles. The third kappa shape index (κ3) is 3.39. The summed E-state index contributed by atoms with van der Waals surface area (Å²) in [5.41, 5.74) is 0.135. The van der Waals surface area contributed by atoms with Gasteiger partial charge in [-0.15, -0.1) is 0 Å². The van der Waals surface area contributed by atoms with E-state index in [0.29, 0.717) is 13.5 Å². The van der Waals surface area contributed by atoms with Crippen molar-refractivity contribution in [2.75, 3.05) is 40.8 Å². The van der Waals surface area contributed by atoms with Crippen LogP contribution < -0.4 is 0 Å². The lowest BCUT2D eigenvalue weighted by atomic mass is 9.90. The molecule has 0 aromatic heterocycles. The minimum absolute atomic E-state index is 0.135. The Hall–Kier alpha value is -0.200. The Morgan fingerprint density at radius 2 is 1.53 bits per heavy atom. The highest BCUT2D eigenvalue weighted by Gasteiger charge is 2.37. The van der Waals surface area contributed by atoms with Gasteiger partial charge in [-0.1, -0.05) is 13.8 Å². The van der Waals surface area contributed by atoms with E-state index < -0.39 is 6.35 Å². The number of aliphatic hydroxyl groups is 1. The zero-order valence-corrected chi connectivity index (χ0v) is 10.1. The Labute approximate surface area is 91.6 Å². The van der Waals surface area contributed by atoms with Crippen molar-refractivity contribution in [3.63, 3.8) is 0 Å². The van der Waals surface area contributed by atoms with E-state index in [4.69, 9.17) is 9.47 Å². The van der Waals surface area contributed by atoms with E-state index in [0.717, 1.165) is 13.1 Å². The van der Waals surface area contributed by atoms with Crippen LogP contribution in [0.3, 0.4) is 0 Å². The van der Waals surface area contributed by atoms with Gasteiger partial charge in [-0.25, -0.2) is 9.80 Å². The van der Waals surface area contributed by atoms with E-state index in [9.17, 15) is 5.11 Å². The predicted molar refractivity (Wildman–Crippen MR) is 57.0 cm³/mol. The summed E-state index contributed by atoms with van der Waals surface area (Å²) in [5, 5.41) is 10.0. The first-order chi connectivity index (χ1) is 7.00. The van der Waals surface area contributed by atoms with Crippen molar-refractivity contribution in [3.8, 4) is 0 Å². The van der Waals surface area contributed by atoms with Crippen LogP contribution in [0.1, 0.15) is 13.8 Å². The first-order valence-electron chi connectivity index (χ1n) is 5.14. The fourth-order valence-electron chi connectivity index (χ4n) is 2.10. The number of hydrogen-bond acceptors (Lipinski definition) is 5. The molecule has 1 N–H and O–H groups in total. The molecule has 15 heavy (non-hydrogen) atoms. The summed E-state index contributed by atoms with van der Waals surface area (Å²) in [7, 11) is 3.27. The summed E-state index contributed by atoms with van der Waals surface area (Å²) in [6, 6.07) is 0. The molecule has 5 heteroatoms. The van der Waals surface area contributed by atoms with Crippen LogP contribution in [0.2, 0.25) is 0 Å². The zero-order valence-electron chi connectivity index (χ0n) is 10.1. The molecule has 0 amide bonds. The van der Waals surface area contributed by atoms with Gasteiger partial charge in [0.15, 0.2) is 6.35 Å². The number of nitrogens with zero attached hydrogens (tertiary/aromatic N) is 2. The van der Waals surface area contributed by atoms with Gasteiger partial charge in [0.25, 0.3) is 0 Å². The summed E-state index contributed by atoms with van der Waals surface area (Å²) in [6.45, 7) is 6.86. The maximum absolute atomic E-state index is 10.0. The molecule has 0 atom stereocenters. The van der Waals surface area contributed by atoms with Crippen molar-refractivity contribution in [2.24, 2.45) is 5.41 Å². The van der Waals surface area contributed by atoms with Gasteiger partial charge >= 0.3 is 0 Å². The maximum Gasteiger partial charge on any atom is 0.169 e. The van der Waals surface area contributed by atoms with Crippen molar-refractivity contribution in [1.29, 1.82) is 0 Å². The van der Waals surface area contributed by atoms with Crippen molar-refractivity contribution in [1.82, 2.24) is 9.80 Å². The molecule has 1 rings (SSSR count). The summed E-state index contributed by atoms with van der Waals surface area (Å²) in [6.07, 6.45) is -0.613. The van der Waals surface area contributed by atoms with Crippen LogP contribution in [0.25, 0.3) is 0 Å². The van der Waals surface area contributed by atoms with E-state index in [1.807, 2.05) is 9.80 Å². The highest BCUT2D eigenvalue weighted by Crippen LogP contribution is 2.26. The largest absolute Gasteiger partial charge is 0.369 e. The molecule has 1 fully saturated rings. The molecule has 0 unspecified atom stereocenters. The SMILES string of the molecule is COCN1CC(C)(C)CN(COC)C1O. The van der Waals surface area contributed by atoms with Crippen LogP contribution in [0.5, 0.6) is 0 Å². The summed E-state index contributed by atoms with van der Waals surface area (Å²) in [5.74, 6) is 0. The zero-order chi connectivity index (χ0) is 11.5. The Kier molecular flexibility index (Phi) is 4.48. The van der Waals surface area contributed by atoms with Crippen LogP contribution in [0, 0.1) is 5.41 Å². The molecule has 0 aromatic rings. The molecular formula is C10H22N2O3. The van der Waals surface area contributed by atoms with Crippen molar-refractivity contribution in [2.45, 2.75) is 20.2 Å². The van der Waals surface area contributed by atoms with Crippen LogP contribution in [0.4, 0.5) is 0 Å². The van der Waals surface area contributed by atoms with Crippen LogP contribution in [0.15, 0.2) is 0 Å². The molecule has 1 saturated heterocycles. The molecular weight excluding hydrogens is 196 g/mol. The van der Waals surface area contributed by atoms with E-state index >= 15 is 0 Å². The lowest BCUT2D eigenvalue weighted by Gasteiger charge is -2.47. The maximum atomic E-state index is 10.0. The highest BCUT2D eigenvalue weighted by atomic mass is 16.5. The lowest BCUT2D eigenvalue weighted by molar-refractivity contribution is -0.211. The van der Waals surface area contributed by atoms with Gasteiger partial charge in [0.1, 0.15) is 13.5 Å². The molecule has 90 valence electrons. The number of rotatable bonds is 4. The highest BCUT2D eigenvalue weighted by molar-refractivity contribution is 4.83. The van der Waals surface area contributed by atoms with Gasteiger partial charge in [0.2, 0.25) is 0 Å². The quantitative estimate of drug-likeness (QED) is 0.726. The second kappa shape index (κ2) is 5.23. The number of hydrogen-bond donors (Lipinski definition) is 1. The Balaban J connectivity index is 2.65. The van der Waals surface area contributed by atoms with Crippen molar-refractivity contribution in [3.05, 3.63) is 0 Å². The molecule has 0 saturated carbocycles. The van der Waals surface area contributed by atoms with Gasteiger partial charge in [-0.2, -0.15) is 0 Å². The van der Waals surface area contributed by atoms with Crippen LogP contribution >= 0.6 is 0 Å². The molecule has 0 radical (unpaired) electrons. The second-order valence-electron chi connectivity index (χ2n) is 4.84. The first-order valence-corrected chi connectivity index (χ1v) is 5.14. The second-order valence-corrected chi connectivity index (χ2v) is 4.84.